The van der Waals surface area contributed by atoms with Crippen LogP contribution in [0.5, 0.6) is 0 Å². The largest absolute Gasteiger partial charge is 0.366 e. The number of primary amides is 1. The Bertz CT molecular complexity index is 303. The summed E-state index contributed by atoms with van der Waals surface area (Å²) < 4.78 is 0. The average Bonchev–Trinajstić information content (AvgIpc) is 2.03. The molecule has 1 rings (SSSR count). The van der Waals surface area contributed by atoms with Gasteiger partial charge in [0, 0.05) is 5.02 Å². The number of amides is 1. The summed E-state index contributed by atoms with van der Waals surface area (Å²) in [5, 5.41) is 0.659. The molecule has 0 saturated heterocycles. The first-order valence-electron chi connectivity index (χ1n) is 3.33. The summed E-state index contributed by atoms with van der Waals surface area (Å²) in [5.41, 5.74) is 5.71. The maximum atomic E-state index is 10.3. The highest BCUT2D eigenvalue weighted by Crippen LogP contribution is 2.09. The van der Waals surface area contributed by atoms with E-state index in [0.717, 1.165) is 5.56 Å². The third kappa shape index (κ3) is 2.76. The number of rotatable bonds is 2. The molecular formula is C9H7ClNO. The summed E-state index contributed by atoms with van der Waals surface area (Å²) in [6.45, 7) is 0. The van der Waals surface area contributed by atoms with E-state index in [1.807, 2.05) is 0 Å². The molecule has 0 saturated carbocycles. The van der Waals surface area contributed by atoms with Crippen molar-refractivity contribution in [1.29, 1.82) is 0 Å². The molecule has 0 atom stereocenters. The van der Waals surface area contributed by atoms with Crippen LogP contribution in [0.2, 0.25) is 5.02 Å². The molecule has 0 aliphatic rings. The normalized spacial score (nSPS) is 10.4. The SMILES string of the molecule is NC(=O)/[C]=C/c1ccc(Cl)cc1. The van der Waals surface area contributed by atoms with Crippen molar-refractivity contribution in [2.24, 2.45) is 5.73 Å². The van der Waals surface area contributed by atoms with Crippen LogP contribution in [0.4, 0.5) is 0 Å². The van der Waals surface area contributed by atoms with Gasteiger partial charge in [-0.15, -0.1) is 0 Å². The molecule has 1 amide bonds. The predicted molar refractivity (Wildman–Crippen MR) is 48.4 cm³/mol. The Labute approximate surface area is 75.6 Å². The molecule has 1 aromatic rings. The molecule has 0 bridgehead atoms. The Morgan fingerprint density at radius 3 is 2.50 bits per heavy atom. The monoisotopic (exact) mass is 180 g/mol. The van der Waals surface area contributed by atoms with Gasteiger partial charge < -0.3 is 5.73 Å². The molecule has 0 fully saturated rings. The Kier molecular flexibility index (Phi) is 2.88. The lowest BCUT2D eigenvalue weighted by atomic mass is 10.2. The second-order valence-corrected chi connectivity index (χ2v) is 2.64. The Hall–Kier alpha value is -1.28. The number of nitrogens with two attached hydrogens (primary N) is 1. The predicted octanol–water partition coefficient (Wildman–Crippen LogP) is 1.64. The minimum atomic E-state index is -0.579. The third-order valence-electron chi connectivity index (χ3n) is 1.25. The van der Waals surface area contributed by atoms with Crippen LogP contribution in [0.25, 0.3) is 6.08 Å². The summed E-state index contributed by atoms with van der Waals surface area (Å²) in [7, 11) is 0. The maximum Gasteiger partial charge on any atom is 0.249 e. The lowest BCUT2D eigenvalue weighted by Gasteiger charge is -1.91. The van der Waals surface area contributed by atoms with Gasteiger partial charge in [0.15, 0.2) is 0 Å². The molecule has 2 N–H and O–H groups in total. The summed E-state index contributed by atoms with van der Waals surface area (Å²) in [6.07, 6.45) is 3.86. The van der Waals surface area contributed by atoms with Gasteiger partial charge in [-0.3, -0.25) is 4.79 Å². The van der Waals surface area contributed by atoms with Crippen molar-refractivity contribution in [1.82, 2.24) is 0 Å². The molecule has 12 heavy (non-hydrogen) atoms. The van der Waals surface area contributed by atoms with Gasteiger partial charge in [-0.05, 0) is 23.8 Å². The summed E-state index contributed by atoms with van der Waals surface area (Å²) >= 11 is 5.65. The fourth-order valence-electron chi connectivity index (χ4n) is 0.713. The van der Waals surface area contributed by atoms with Crippen LogP contribution < -0.4 is 5.73 Å². The van der Waals surface area contributed by atoms with Crippen LogP contribution >= 0.6 is 11.6 Å². The smallest absolute Gasteiger partial charge is 0.249 e. The molecule has 0 aliphatic heterocycles. The Morgan fingerprint density at radius 2 is 2.00 bits per heavy atom. The van der Waals surface area contributed by atoms with Gasteiger partial charge in [-0.25, -0.2) is 0 Å². The number of hydrogen-bond acceptors (Lipinski definition) is 1. The minimum Gasteiger partial charge on any atom is -0.366 e. The third-order valence-corrected chi connectivity index (χ3v) is 1.50. The second kappa shape index (κ2) is 3.93. The number of benzene rings is 1. The molecule has 0 heterocycles. The van der Waals surface area contributed by atoms with Crippen LogP contribution in [-0.2, 0) is 4.79 Å². The molecule has 0 spiro atoms. The quantitative estimate of drug-likeness (QED) is 0.691. The molecule has 1 aromatic carbocycles. The van der Waals surface area contributed by atoms with Gasteiger partial charge in [0.1, 0.15) is 0 Å². The summed E-state index contributed by atoms with van der Waals surface area (Å²) in [4.78, 5) is 10.3. The zero-order valence-electron chi connectivity index (χ0n) is 6.25. The molecule has 2 nitrogen and oxygen atoms in total. The topological polar surface area (TPSA) is 43.1 Å². The fourth-order valence-corrected chi connectivity index (χ4v) is 0.839. The van der Waals surface area contributed by atoms with E-state index in [4.69, 9.17) is 17.3 Å². The number of carbonyl (C=O) groups excluding carboxylic acids is 1. The standard InChI is InChI=1S/C9H7ClNO/c10-8-4-1-7(2-5-8)3-6-9(11)12/h1-5H,(H2,11,12). The van der Waals surface area contributed by atoms with E-state index in [1.54, 1.807) is 24.3 Å². The van der Waals surface area contributed by atoms with Gasteiger partial charge in [0.25, 0.3) is 0 Å². The first-order valence-corrected chi connectivity index (χ1v) is 3.71. The van der Waals surface area contributed by atoms with Gasteiger partial charge in [-0.1, -0.05) is 23.7 Å². The molecule has 0 unspecified atom stereocenters. The van der Waals surface area contributed by atoms with Crippen LogP contribution in [0.1, 0.15) is 5.56 Å². The average molecular weight is 181 g/mol. The van der Waals surface area contributed by atoms with Gasteiger partial charge >= 0.3 is 0 Å². The number of hydrogen-bond donors (Lipinski definition) is 1. The zero-order chi connectivity index (χ0) is 8.97. The second-order valence-electron chi connectivity index (χ2n) is 2.20. The Balaban J connectivity index is 2.77. The fraction of sp³-hybridized carbons (Fsp3) is 0. The molecule has 61 valence electrons. The lowest BCUT2D eigenvalue weighted by Crippen LogP contribution is -2.05. The molecular weight excluding hydrogens is 174 g/mol. The molecule has 3 heteroatoms. The van der Waals surface area contributed by atoms with Crippen LogP contribution in [-0.4, -0.2) is 5.91 Å². The molecule has 0 aromatic heterocycles. The summed E-state index contributed by atoms with van der Waals surface area (Å²) in [5.74, 6) is -0.579. The van der Waals surface area contributed by atoms with Crippen LogP contribution in [0.15, 0.2) is 24.3 Å². The zero-order valence-corrected chi connectivity index (χ0v) is 7.01. The molecule has 0 aliphatic carbocycles. The van der Waals surface area contributed by atoms with E-state index in [0.29, 0.717) is 5.02 Å². The van der Waals surface area contributed by atoms with Gasteiger partial charge in [-0.2, -0.15) is 0 Å². The highest BCUT2D eigenvalue weighted by atomic mass is 35.5. The molecule has 1 radical (unpaired) electrons. The Morgan fingerprint density at radius 1 is 1.42 bits per heavy atom. The van der Waals surface area contributed by atoms with Crippen LogP contribution in [0, 0.1) is 6.08 Å². The van der Waals surface area contributed by atoms with Gasteiger partial charge in [0.05, 0.1) is 6.08 Å². The maximum absolute atomic E-state index is 10.3. The van der Waals surface area contributed by atoms with E-state index in [1.165, 1.54) is 6.08 Å². The van der Waals surface area contributed by atoms with Crippen molar-refractivity contribution < 1.29 is 4.79 Å². The van der Waals surface area contributed by atoms with Crippen molar-refractivity contribution in [2.45, 2.75) is 0 Å². The first-order chi connectivity index (χ1) is 5.68. The highest BCUT2D eigenvalue weighted by Gasteiger charge is 1.88. The first kappa shape index (κ1) is 8.81. The van der Waals surface area contributed by atoms with Crippen molar-refractivity contribution >= 4 is 23.6 Å². The minimum absolute atomic E-state index is 0.579. The van der Waals surface area contributed by atoms with Crippen molar-refractivity contribution in [3.05, 3.63) is 40.9 Å². The van der Waals surface area contributed by atoms with E-state index in [-0.39, 0.29) is 0 Å². The van der Waals surface area contributed by atoms with Crippen LogP contribution in [0.3, 0.4) is 0 Å². The van der Waals surface area contributed by atoms with Crippen molar-refractivity contribution in [3.63, 3.8) is 0 Å². The summed E-state index contributed by atoms with van der Waals surface area (Å²) in [6, 6.07) is 7.02. The van der Waals surface area contributed by atoms with E-state index >= 15 is 0 Å². The number of carbonyl (C=O) groups is 1. The number of halogens is 1. The van der Waals surface area contributed by atoms with E-state index in [2.05, 4.69) is 6.08 Å². The van der Waals surface area contributed by atoms with E-state index < -0.39 is 5.91 Å². The van der Waals surface area contributed by atoms with Gasteiger partial charge in [0.2, 0.25) is 5.91 Å². The highest BCUT2D eigenvalue weighted by molar-refractivity contribution is 6.30. The van der Waals surface area contributed by atoms with Crippen molar-refractivity contribution in [3.8, 4) is 0 Å². The van der Waals surface area contributed by atoms with Crippen molar-refractivity contribution in [2.75, 3.05) is 0 Å². The lowest BCUT2D eigenvalue weighted by molar-refractivity contribution is -0.114. The van der Waals surface area contributed by atoms with E-state index in [9.17, 15) is 4.79 Å².